The van der Waals surface area contributed by atoms with Gasteiger partial charge in [0.1, 0.15) is 0 Å². The number of hydrogen-bond acceptors (Lipinski definition) is 6. The van der Waals surface area contributed by atoms with Gasteiger partial charge in [-0.25, -0.2) is 0 Å². The fraction of sp³-hybridized carbons (Fsp3) is 0. The Balaban J connectivity index is -0.0000000224. The van der Waals surface area contributed by atoms with Crippen LogP contribution in [0, 0.1) is 0 Å². The monoisotopic (exact) mass is 417 g/mol. The van der Waals surface area contributed by atoms with E-state index in [9.17, 15) is 0 Å². The number of anilines is 3. The van der Waals surface area contributed by atoms with Crippen LogP contribution in [0.5, 0.6) is 0 Å². The molecule has 0 aromatic heterocycles. The first-order valence-electron chi connectivity index (χ1n) is 6.22. The van der Waals surface area contributed by atoms with E-state index in [0.717, 1.165) is 0 Å². The zero-order chi connectivity index (χ0) is 22.4. The Labute approximate surface area is 211 Å². The van der Waals surface area contributed by atoms with Crippen molar-refractivity contribution in [2.45, 2.75) is 0 Å². The van der Waals surface area contributed by atoms with Crippen molar-refractivity contribution in [2.75, 3.05) is 17.2 Å². The first-order valence-corrected chi connectivity index (χ1v) is 7.45. The van der Waals surface area contributed by atoms with Crippen molar-refractivity contribution in [3.63, 3.8) is 0 Å². The third kappa shape index (κ3) is 77.8. The molecular formula is C18H34N3Na2O3P. The third-order valence-corrected chi connectivity index (χ3v) is 1.17. The standard InChI is InChI=1S/C6H9N3.6C2H4.2Na.H3O3P/c7-4-2-1-3-5(8)6(4)9;6*1-2;;;1-4(2)3/h1-3H,7-9H2;6*1-2H2;;;4H,(H2,1,2,3)/q;;;;;;;2*+1;/p-2. The molecule has 0 aliphatic carbocycles. The van der Waals surface area contributed by atoms with E-state index in [1.807, 2.05) is 0 Å². The van der Waals surface area contributed by atoms with Crippen molar-refractivity contribution in [2.24, 2.45) is 0 Å². The molecule has 0 bridgehead atoms. The van der Waals surface area contributed by atoms with Crippen molar-refractivity contribution in [3.8, 4) is 0 Å². The molecule has 1 aromatic rings. The summed E-state index contributed by atoms with van der Waals surface area (Å²) >= 11 is 0. The average molecular weight is 417 g/mol. The zero-order valence-electron chi connectivity index (χ0n) is 17.2. The predicted octanol–water partition coefficient (Wildman–Crippen LogP) is -2.65. The van der Waals surface area contributed by atoms with E-state index in [2.05, 4.69) is 78.9 Å². The second-order valence-corrected chi connectivity index (χ2v) is 2.60. The van der Waals surface area contributed by atoms with Gasteiger partial charge in [-0.1, -0.05) is 14.3 Å². The van der Waals surface area contributed by atoms with E-state index in [-0.39, 0.29) is 59.1 Å². The molecule has 0 unspecified atom stereocenters. The molecular weight excluding hydrogens is 383 g/mol. The Bertz CT molecular complexity index is 362. The van der Waals surface area contributed by atoms with Crippen LogP contribution in [0.4, 0.5) is 17.1 Å². The molecule has 9 heteroatoms. The van der Waals surface area contributed by atoms with E-state index in [1.165, 1.54) is 0 Å². The molecule has 1 aromatic carbocycles. The van der Waals surface area contributed by atoms with Crippen LogP contribution in [-0.2, 0) is 4.57 Å². The Morgan fingerprint density at radius 3 is 0.889 bits per heavy atom. The van der Waals surface area contributed by atoms with E-state index in [0.29, 0.717) is 17.1 Å². The van der Waals surface area contributed by atoms with Crippen molar-refractivity contribution in [3.05, 3.63) is 97.1 Å². The van der Waals surface area contributed by atoms with Crippen molar-refractivity contribution in [1.82, 2.24) is 0 Å². The summed E-state index contributed by atoms with van der Waals surface area (Å²) in [7, 11) is -3.63. The minimum Gasteiger partial charge on any atom is -0.813 e. The van der Waals surface area contributed by atoms with Crippen molar-refractivity contribution in [1.29, 1.82) is 0 Å². The van der Waals surface area contributed by atoms with E-state index in [1.54, 1.807) is 18.2 Å². The fourth-order valence-corrected chi connectivity index (χ4v) is 0.602. The summed E-state index contributed by atoms with van der Waals surface area (Å²) < 4.78 is 8.52. The van der Waals surface area contributed by atoms with Crippen LogP contribution < -0.4 is 86.1 Å². The zero-order valence-corrected chi connectivity index (χ0v) is 22.2. The van der Waals surface area contributed by atoms with Crippen LogP contribution >= 0.6 is 8.25 Å². The molecule has 0 spiro atoms. The third-order valence-electron chi connectivity index (χ3n) is 1.17. The van der Waals surface area contributed by atoms with E-state index in [4.69, 9.17) is 31.6 Å². The first kappa shape index (κ1) is 56.2. The van der Waals surface area contributed by atoms with Crippen LogP contribution in [0.3, 0.4) is 0 Å². The Morgan fingerprint density at radius 1 is 0.630 bits per heavy atom. The SMILES string of the molecule is C=C.C=C.C=C.C=C.C=C.C=C.Nc1cccc(N)c1N.O=[PH]([O-])[O-].[Na+].[Na+]. The summed E-state index contributed by atoms with van der Waals surface area (Å²) in [6.07, 6.45) is 0. The summed E-state index contributed by atoms with van der Waals surface area (Å²) in [5.41, 5.74) is 17.8. The molecule has 0 atom stereocenters. The Morgan fingerprint density at radius 2 is 0.778 bits per heavy atom. The molecule has 0 fully saturated rings. The molecule has 0 saturated carbocycles. The minimum absolute atomic E-state index is 0. The topological polar surface area (TPSA) is 141 Å². The summed E-state index contributed by atoms with van der Waals surface area (Å²) in [6.45, 7) is 36.0. The second kappa shape index (κ2) is 73.2. The maximum absolute atomic E-state index is 8.52. The van der Waals surface area contributed by atoms with Gasteiger partial charge < -0.3 is 31.6 Å². The number of benzene rings is 1. The van der Waals surface area contributed by atoms with E-state index >= 15 is 0 Å². The van der Waals surface area contributed by atoms with Gasteiger partial charge in [0, 0.05) is 0 Å². The van der Waals surface area contributed by atoms with Gasteiger partial charge in [-0.15, -0.1) is 78.9 Å². The molecule has 0 radical (unpaired) electrons. The Hall–Kier alpha value is -0.790. The number of nitrogens with two attached hydrogens (primary N) is 3. The largest absolute Gasteiger partial charge is 1.00 e. The fourth-order valence-electron chi connectivity index (χ4n) is 0.602. The molecule has 6 N–H and O–H groups in total. The summed E-state index contributed by atoms with van der Waals surface area (Å²) in [5, 5.41) is 0. The van der Waals surface area contributed by atoms with Crippen LogP contribution in [0.15, 0.2) is 97.1 Å². The summed E-state index contributed by atoms with van der Waals surface area (Å²) in [6, 6.07) is 5.19. The number of nitrogen functional groups attached to an aromatic ring is 3. The molecule has 0 aliphatic heterocycles. The molecule has 0 amide bonds. The van der Waals surface area contributed by atoms with Gasteiger partial charge in [0.2, 0.25) is 0 Å². The van der Waals surface area contributed by atoms with Crippen LogP contribution in [0.1, 0.15) is 0 Å². The van der Waals surface area contributed by atoms with Crippen LogP contribution in [-0.4, -0.2) is 0 Å². The first-order chi connectivity index (χ1) is 11.9. The maximum atomic E-state index is 8.52. The van der Waals surface area contributed by atoms with Crippen molar-refractivity contribution < 1.29 is 73.5 Å². The number of para-hydroxylation sites is 1. The average Bonchev–Trinajstić information content (AvgIpc) is 2.69. The maximum Gasteiger partial charge on any atom is 1.00 e. The van der Waals surface area contributed by atoms with Crippen molar-refractivity contribution >= 4 is 25.3 Å². The van der Waals surface area contributed by atoms with Gasteiger partial charge >= 0.3 is 59.1 Å². The Kier molecular flexibility index (Phi) is 152. The van der Waals surface area contributed by atoms with Crippen LogP contribution in [0.2, 0.25) is 0 Å². The van der Waals surface area contributed by atoms with Crippen LogP contribution in [0.25, 0.3) is 0 Å². The molecule has 27 heavy (non-hydrogen) atoms. The summed E-state index contributed by atoms with van der Waals surface area (Å²) in [5.74, 6) is 0. The van der Waals surface area contributed by atoms with E-state index < -0.39 is 8.25 Å². The van der Waals surface area contributed by atoms with Gasteiger partial charge in [-0.05, 0) is 12.1 Å². The normalized spacial score (nSPS) is 5.30. The quantitative estimate of drug-likeness (QED) is 0.182. The van der Waals surface area contributed by atoms with Gasteiger partial charge in [0.05, 0.1) is 17.1 Å². The molecule has 6 nitrogen and oxygen atoms in total. The second-order valence-electron chi connectivity index (χ2n) is 2.10. The number of rotatable bonds is 0. The van der Waals surface area contributed by atoms with Gasteiger partial charge in [-0.2, -0.15) is 0 Å². The smallest absolute Gasteiger partial charge is 0.813 e. The predicted molar refractivity (Wildman–Crippen MR) is 116 cm³/mol. The van der Waals surface area contributed by atoms with Gasteiger partial charge in [0.25, 0.3) is 0 Å². The molecule has 0 heterocycles. The molecule has 0 aliphatic rings. The van der Waals surface area contributed by atoms with Gasteiger partial charge in [-0.3, -0.25) is 0 Å². The van der Waals surface area contributed by atoms with Gasteiger partial charge in [0.15, 0.2) is 0 Å². The molecule has 1 rings (SSSR count). The molecule has 146 valence electrons. The summed E-state index contributed by atoms with van der Waals surface area (Å²) in [4.78, 5) is 17.0. The minimum atomic E-state index is -3.63. The molecule has 0 saturated heterocycles. The number of hydrogen-bond donors (Lipinski definition) is 3.